The van der Waals surface area contributed by atoms with E-state index in [0.717, 1.165) is 31.3 Å². The summed E-state index contributed by atoms with van der Waals surface area (Å²) >= 11 is 6.49. The maximum absolute atomic E-state index is 13.4. The van der Waals surface area contributed by atoms with E-state index in [-0.39, 0.29) is 10.9 Å². The Bertz CT molecular complexity index is 1370. The first-order valence-electron chi connectivity index (χ1n) is 10.4. The van der Waals surface area contributed by atoms with Gasteiger partial charge in [0, 0.05) is 29.7 Å². The van der Waals surface area contributed by atoms with Crippen LogP contribution in [0.25, 0.3) is 22.2 Å². The SMILES string of the molecule is O=S(=O)(c1ccccc1)n1cc(-c2nc(N[C@@H]3CCCNC3)ncc2Cl)c2ccccc21. The average Bonchev–Trinajstić information content (AvgIpc) is 3.22. The van der Waals surface area contributed by atoms with E-state index in [1.54, 1.807) is 48.8 Å². The predicted octanol–water partition coefficient (Wildman–Crippen LogP) is 4.15. The predicted molar refractivity (Wildman–Crippen MR) is 127 cm³/mol. The molecule has 2 aromatic carbocycles. The van der Waals surface area contributed by atoms with E-state index < -0.39 is 10.0 Å². The number of para-hydroxylation sites is 1. The molecular weight excluding hydrogens is 446 g/mol. The quantitative estimate of drug-likeness (QED) is 0.458. The van der Waals surface area contributed by atoms with E-state index in [1.807, 2.05) is 18.2 Å². The molecule has 3 heterocycles. The molecule has 2 aromatic heterocycles. The molecule has 1 saturated heterocycles. The van der Waals surface area contributed by atoms with Gasteiger partial charge in [0.25, 0.3) is 10.0 Å². The third-order valence-corrected chi connectivity index (χ3v) is 7.57. The minimum absolute atomic E-state index is 0.216. The lowest BCUT2D eigenvalue weighted by Crippen LogP contribution is -2.38. The average molecular weight is 468 g/mol. The summed E-state index contributed by atoms with van der Waals surface area (Å²) in [6, 6.07) is 15.9. The van der Waals surface area contributed by atoms with Crippen LogP contribution in [0.15, 0.2) is 71.9 Å². The van der Waals surface area contributed by atoms with E-state index >= 15 is 0 Å². The molecule has 1 atom stereocenters. The number of aromatic nitrogens is 3. The van der Waals surface area contributed by atoms with Crippen LogP contribution in [0.1, 0.15) is 12.8 Å². The molecule has 0 amide bonds. The maximum atomic E-state index is 13.4. The number of nitrogens with one attached hydrogen (secondary N) is 2. The van der Waals surface area contributed by atoms with Gasteiger partial charge in [-0.2, -0.15) is 0 Å². The van der Waals surface area contributed by atoms with Gasteiger partial charge in [-0.1, -0.05) is 48.0 Å². The number of benzene rings is 2. The molecular formula is C23H22ClN5O2S. The Labute approximate surface area is 191 Å². The Kier molecular flexibility index (Phi) is 5.58. The molecule has 0 spiro atoms. The Hall–Kier alpha value is -2.94. The maximum Gasteiger partial charge on any atom is 0.268 e. The molecule has 1 aliphatic rings. The van der Waals surface area contributed by atoms with Crippen LogP contribution in [-0.4, -0.2) is 41.5 Å². The van der Waals surface area contributed by atoms with Crippen molar-refractivity contribution in [3.8, 4) is 11.3 Å². The molecule has 164 valence electrons. The van der Waals surface area contributed by atoms with Gasteiger partial charge in [-0.3, -0.25) is 0 Å². The van der Waals surface area contributed by atoms with Gasteiger partial charge in [-0.05, 0) is 37.6 Å². The zero-order chi connectivity index (χ0) is 22.1. The number of halogens is 1. The summed E-state index contributed by atoms with van der Waals surface area (Å²) < 4.78 is 28.1. The highest BCUT2D eigenvalue weighted by molar-refractivity contribution is 7.90. The Morgan fingerprint density at radius 1 is 1.09 bits per heavy atom. The second kappa shape index (κ2) is 8.54. The fourth-order valence-electron chi connectivity index (χ4n) is 4.03. The topological polar surface area (TPSA) is 88.9 Å². The summed E-state index contributed by atoms with van der Waals surface area (Å²) in [5.41, 5.74) is 1.69. The van der Waals surface area contributed by atoms with Gasteiger partial charge in [0.2, 0.25) is 5.95 Å². The number of hydrogen-bond acceptors (Lipinski definition) is 6. The van der Waals surface area contributed by atoms with Crippen LogP contribution in [0.2, 0.25) is 5.02 Å². The Balaban J connectivity index is 1.62. The zero-order valence-corrected chi connectivity index (χ0v) is 18.8. The number of piperidine rings is 1. The molecule has 1 fully saturated rings. The normalized spacial score (nSPS) is 16.8. The van der Waals surface area contributed by atoms with Crippen LogP contribution in [0, 0.1) is 0 Å². The fourth-order valence-corrected chi connectivity index (χ4v) is 5.61. The first-order chi connectivity index (χ1) is 15.5. The van der Waals surface area contributed by atoms with Crippen LogP contribution >= 0.6 is 11.6 Å². The van der Waals surface area contributed by atoms with Gasteiger partial charge in [0.05, 0.1) is 27.3 Å². The minimum atomic E-state index is -3.79. The number of hydrogen-bond donors (Lipinski definition) is 2. The van der Waals surface area contributed by atoms with Gasteiger partial charge >= 0.3 is 0 Å². The van der Waals surface area contributed by atoms with Crippen LogP contribution in [0.5, 0.6) is 0 Å². The summed E-state index contributed by atoms with van der Waals surface area (Å²) in [5, 5.41) is 7.83. The van der Waals surface area contributed by atoms with Gasteiger partial charge < -0.3 is 10.6 Å². The second-order valence-electron chi connectivity index (χ2n) is 7.75. The van der Waals surface area contributed by atoms with Crippen molar-refractivity contribution in [3.63, 3.8) is 0 Å². The van der Waals surface area contributed by atoms with Crippen molar-refractivity contribution >= 4 is 38.5 Å². The highest BCUT2D eigenvalue weighted by atomic mass is 35.5. The molecule has 0 radical (unpaired) electrons. The summed E-state index contributed by atoms with van der Waals surface area (Å²) in [5.74, 6) is 0.473. The largest absolute Gasteiger partial charge is 0.350 e. The van der Waals surface area contributed by atoms with Gasteiger partial charge in [-0.15, -0.1) is 0 Å². The van der Waals surface area contributed by atoms with E-state index in [9.17, 15) is 8.42 Å². The summed E-state index contributed by atoms with van der Waals surface area (Å²) in [6.45, 7) is 1.86. The van der Waals surface area contributed by atoms with Crippen molar-refractivity contribution in [2.45, 2.75) is 23.8 Å². The fraction of sp³-hybridized carbons (Fsp3) is 0.217. The Morgan fingerprint density at radius 3 is 2.66 bits per heavy atom. The molecule has 1 aliphatic heterocycles. The lowest BCUT2D eigenvalue weighted by molar-refractivity contribution is 0.478. The van der Waals surface area contributed by atoms with Crippen LogP contribution in [-0.2, 0) is 10.0 Å². The molecule has 4 aromatic rings. The van der Waals surface area contributed by atoms with Crippen molar-refractivity contribution in [2.24, 2.45) is 0 Å². The highest BCUT2D eigenvalue weighted by Gasteiger charge is 2.23. The summed E-state index contributed by atoms with van der Waals surface area (Å²) in [7, 11) is -3.79. The minimum Gasteiger partial charge on any atom is -0.350 e. The van der Waals surface area contributed by atoms with Gasteiger partial charge in [0.15, 0.2) is 0 Å². The summed E-state index contributed by atoms with van der Waals surface area (Å²) in [4.78, 5) is 9.22. The number of fused-ring (bicyclic) bond motifs is 1. The molecule has 7 nitrogen and oxygen atoms in total. The van der Waals surface area contributed by atoms with Crippen LogP contribution < -0.4 is 10.6 Å². The smallest absolute Gasteiger partial charge is 0.268 e. The number of anilines is 1. The van der Waals surface area contributed by atoms with Gasteiger partial charge in [0.1, 0.15) is 0 Å². The molecule has 9 heteroatoms. The summed E-state index contributed by atoms with van der Waals surface area (Å²) in [6.07, 6.45) is 5.26. The van der Waals surface area contributed by atoms with Crippen molar-refractivity contribution in [1.29, 1.82) is 0 Å². The standard InChI is InChI=1S/C23H22ClN5O2S/c24-20-14-26-23(27-16-7-6-12-25-13-16)28-22(20)19-15-29(21-11-5-4-10-18(19)21)32(30,31)17-8-2-1-3-9-17/h1-5,8-11,14-16,25H,6-7,12-13H2,(H,26,27,28)/t16-/m1/s1. The lowest BCUT2D eigenvalue weighted by Gasteiger charge is -2.23. The molecule has 32 heavy (non-hydrogen) atoms. The van der Waals surface area contributed by atoms with E-state index in [2.05, 4.69) is 20.6 Å². The molecule has 0 unspecified atom stereocenters. The van der Waals surface area contributed by atoms with Gasteiger partial charge in [-0.25, -0.2) is 22.4 Å². The number of rotatable bonds is 5. The van der Waals surface area contributed by atoms with E-state index in [1.165, 1.54) is 3.97 Å². The van der Waals surface area contributed by atoms with Crippen molar-refractivity contribution in [2.75, 3.05) is 18.4 Å². The molecule has 0 bridgehead atoms. The molecule has 0 aliphatic carbocycles. The van der Waals surface area contributed by atoms with Crippen molar-refractivity contribution < 1.29 is 8.42 Å². The second-order valence-corrected chi connectivity index (χ2v) is 9.97. The monoisotopic (exact) mass is 467 g/mol. The lowest BCUT2D eigenvalue weighted by atomic mass is 10.1. The van der Waals surface area contributed by atoms with E-state index in [4.69, 9.17) is 11.6 Å². The van der Waals surface area contributed by atoms with Crippen LogP contribution in [0.3, 0.4) is 0 Å². The third-order valence-electron chi connectivity index (χ3n) is 5.61. The molecule has 0 saturated carbocycles. The first kappa shape index (κ1) is 20.9. The zero-order valence-electron chi connectivity index (χ0n) is 17.2. The highest BCUT2D eigenvalue weighted by Crippen LogP contribution is 2.35. The van der Waals surface area contributed by atoms with E-state index in [0.29, 0.717) is 27.7 Å². The Morgan fingerprint density at radius 2 is 1.88 bits per heavy atom. The molecule has 5 rings (SSSR count). The first-order valence-corrected chi connectivity index (χ1v) is 12.3. The van der Waals surface area contributed by atoms with Crippen molar-refractivity contribution in [1.82, 2.24) is 19.3 Å². The molecule has 2 N–H and O–H groups in total. The third kappa shape index (κ3) is 3.85. The number of nitrogens with zero attached hydrogens (tertiary/aromatic N) is 3. The van der Waals surface area contributed by atoms with Crippen LogP contribution in [0.4, 0.5) is 5.95 Å². The van der Waals surface area contributed by atoms with Crippen molar-refractivity contribution in [3.05, 3.63) is 72.0 Å².